The Labute approximate surface area is 112 Å². The third-order valence-corrected chi connectivity index (χ3v) is 2.98. The maximum absolute atomic E-state index is 9.27. The molecule has 0 amide bonds. The molecule has 0 fully saturated rings. The van der Waals surface area contributed by atoms with Crippen molar-refractivity contribution in [1.82, 2.24) is 4.98 Å². The van der Waals surface area contributed by atoms with Gasteiger partial charge in [-0.3, -0.25) is 4.98 Å². The molecule has 0 aliphatic rings. The maximum Gasteiger partial charge on any atom is 0.160 e. The quantitative estimate of drug-likeness (QED) is 0.894. The maximum atomic E-state index is 9.27. The minimum absolute atomic E-state index is 0.0521. The van der Waals surface area contributed by atoms with Crippen molar-refractivity contribution >= 4 is 0 Å². The van der Waals surface area contributed by atoms with Gasteiger partial charge in [0.15, 0.2) is 11.5 Å². The van der Waals surface area contributed by atoms with E-state index in [0.29, 0.717) is 23.6 Å². The SMILES string of the molecule is COc1ccc(Cc2cccnc2CO)cc1OC. The summed E-state index contributed by atoms with van der Waals surface area (Å²) in [7, 11) is 3.23. The fourth-order valence-electron chi connectivity index (χ4n) is 1.99. The van der Waals surface area contributed by atoms with Gasteiger partial charge in [0.1, 0.15) is 0 Å². The predicted octanol–water partition coefficient (Wildman–Crippen LogP) is 2.18. The summed E-state index contributed by atoms with van der Waals surface area (Å²) in [5.74, 6) is 1.41. The van der Waals surface area contributed by atoms with Gasteiger partial charge in [-0.1, -0.05) is 12.1 Å². The first-order valence-corrected chi connectivity index (χ1v) is 6.03. The van der Waals surface area contributed by atoms with E-state index in [1.54, 1.807) is 20.4 Å². The molecule has 100 valence electrons. The second kappa shape index (κ2) is 6.20. The third-order valence-electron chi connectivity index (χ3n) is 2.98. The van der Waals surface area contributed by atoms with E-state index < -0.39 is 0 Å². The van der Waals surface area contributed by atoms with Crippen molar-refractivity contribution in [3.05, 3.63) is 53.3 Å². The summed E-state index contributed by atoms with van der Waals surface area (Å²) in [6.07, 6.45) is 2.38. The van der Waals surface area contributed by atoms with Gasteiger partial charge in [0.25, 0.3) is 0 Å². The first-order valence-electron chi connectivity index (χ1n) is 6.03. The molecule has 0 unspecified atom stereocenters. The molecule has 19 heavy (non-hydrogen) atoms. The summed E-state index contributed by atoms with van der Waals surface area (Å²) in [4.78, 5) is 4.16. The summed E-state index contributed by atoms with van der Waals surface area (Å²) in [6, 6.07) is 9.64. The van der Waals surface area contributed by atoms with Crippen molar-refractivity contribution in [3.63, 3.8) is 0 Å². The summed E-state index contributed by atoms with van der Waals surface area (Å²) >= 11 is 0. The van der Waals surface area contributed by atoms with E-state index in [4.69, 9.17) is 9.47 Å². The Bertz CT molecular complexity index is 555. The highest BCUT2D eigenvalue weighted by Gasteiger charge is 2.07. The molecular weight excluding hydrogens is 242 g/mol. The molecule has 0 aliphatic heterocycles. The topological polar surface area (TPSA) is 51.6 Å². The van der Waals surface area contributed by atoms with Gasteiger partial charge in [-0.05, 0) is 35.7 Å². The van der Waals surface area contributed by atoms with Gasteiger partial charge in [-0.2, -0.15) is 0 Å². The Morgan fingerprint density at radius 1 is 1.11 bits per heavy atom. The van der Waals surface area contributed by atoms with Crippen LogP contribution in [0.1, 0.15) is 16.8 Å². The fourth-order valence-corrected chi connectivity index (χ4v) is 1.99. The van der Waals surface area contributed by atoms with Crippen LogP contribution in [0.4, 0.5) is 0 Å². The van der Waals surface area contributed by atoms with Crippen molar-refractivity contribution in [2.45, 2.75) is 13.0 Å². The number of ether oxygens (including phenoxy) is 2. The van der Waals surface area contributed by atoms with Crippen LogP contribution >= 0.6 is 0 Å². The lowest BCUT2D eigenvalue weighted by Gasteiger charge is -2.10. The van der Waals surface area contributed by atoms with Crippen LogP contribution in [0.15, 0.2) is 36.5 Å². The number of aromatic nitrogens is 1. The van der Waals surface area contributed by atoms with Crippen LogP contribution < -0.4 is 9.47 Å². The monoisotopic (exact) mass is 259 g/mol. The second-order valence-electron chi connectivity index (χ2n) is 4.13. The molecule has 0 bridgehead atoms. The Morgan fingerprint density at radius 2 is 1.89 bits per heavy atom. The molecule has 2 aromatic rings. The van der Waals surface area contributed by atoms with E-state index in [0.717, 1.165) is 11.1 Å². The highest BCUT2D eigenvalue weighted by Crippen LogP contribution is 2.28. The number of methoxy groups -OCH3 is 2. The highest BCUT2D eigenvalue weighted by molar-refractivity contribution is 5.44. The normalized spacial score (nSPS) is 10.3. The molecule has 4 nitrogen and oxygen atoms in total. The van der Waals surface area contributed by atoms with Gasteiger partial charge >= 0.3 is 0 Å². The zero-order valence-electron chi connectivity index (χ0n) is 11.1. The largest absolute Gasteiger partial charge is 0.493 e. The number of benzene rings is 1. The second-order valence-corrected chi connectivity index (χ2v) is 4.13. The molecule has 0 saturated heterocycles. The number of aliphatic hydroxyl groups is 1. The molecule has 0 saturated carbocycles. The van der Waals surface area contributed by atoms with Gasteiger partial charge in [0.2, 0.25) is 0 Å². The molecule has 0 atom stereocenters. The van der Waals surface area contributed by atoms with Gasteiger partial charge in [0, 0.05) is 6.20 Å². The molecule has 1 heterocycles. The van der Waals surface area contributed by atoms with Crippen molar-refractivity contribution in [2.75, 3.05) is 14.2 Å². The highest BCUT2D eigenvalue weighted by atomic mass is 16.5. The molecule has 1 N–H and O–H groups in total. The Hall–Kier alpha value is -2.07. The molecule has 1 aromatic carbocycles. The van der Waals surface area contributed by atoms with Crippen LogP contribution in [-0.4, -0.2) is 24.3 Å². The van der Waals surface area contributed by atoms with Crippen LogP contribution in [0.5, 0.6) is 11.5 Å². The Kier molecular flexibility index (Phi) is 4.36. The van der Waals surface area contributed by atoms with Gasteiger partial charge in [-0.25, -0.2) is 0 Å². The van der Waals surface area contributed by atoms with Crippen LogP contribution in [0.3, 0.4) is 0 Å². The average molecular weight is 259 g/mol. The van der Waals surface area contributed by atoms with E-state index in [9.17, 15) is 5.11 Å². The smallest absolute Gasteiger partial charge is 0.160 e. The lowest BCUT2D eigenvalue weighted by atomic mass is 10.0. The van der Waals surface area contributed by atoms with Gasteiger partial charge in [-0.15, -0.1) is 0 Å². The van der Waals surface area contributed by atoms with Crippen molar-refractivity contribution in [3.8, 4) is 11.5 Å². The van der Waals surface area contributed by atoms with E-state index in [2.05, 4.69) is 4.98 Å². The Balaban J connectivity index is 2.28. The van der Waals surface area contributed by atoms with Crippen LogP contribution in [-0.2, 0) is 13.0 Å². The number of rotatable bonds is 5. The molecule has 1 aromatic heterocycles. The summed E-state index contributed by atoms with van der Waals surface area (Å²) in [5, 5.41) is 9.27. The fraction of sp³-hybridized carbons (Fsp3) is 0.267. The number of aliphatic hydroxyl groups excluding tert-OH is 1. The summed E-state index contributed by atoms with van der Waals surface area (Å²) in [5.41, 5.74) is 2.80. The predicted molar refractivity (Wildman–Crippen MR) is 72.5 cm³/mol. The molecule has 0 aliphatic carbocycles. The van der Waals surface area contributed by atoms with Crippen molar-refractivity contribution in [2.24, 2.45) is 0 Å². The van der Waals surface area contributed by atoms with Gasteiger partial charge in [0.05, 0.1) is 26.5 Å². The number of hydrogen-bond acceptors (Lipinski definition) is 4. The first-order chi connectivity index (χ1) is 9.28. The average Bonchev–Trinajstić information content (AvgIpc) is 2.47. The minimum Gasteiger partial charge on any atom is -0.493 e. The Morgan fingerprint density at radius 3 is 2.58 bits per heavy atom. The van der Waals surface area contributed by atoms with E-state index in [1.807, 2.05) is 30.3 Å². The zero-order valence-corrected chi connectivity index (χ0v) is 11.1. The van der Waals surface area contributed by atoms with Crippen LogP contribution in [0.25, 0.3) is 0 Å². The summed E-state index contributed by atoms with van der Waals surface area (Å²) in [6.45, 7) is -0.0521. The third kappa shape index (κ3) is 3.03. The molecule has 2 rings (SSSR count). The molecule has 0 radical (unpaired) electrons. The lowest BCUT2D eigenvalue weighted by Crippen LogP contribution is -1.99. The standard InChI is InChI=1S/C15H17NO3/c1-18-14-6-5-11(9-15(14)19-2)8-12-4-3-7-16-13(12)10-17/h3-7,9,17H,8,10H2,1-2H3. The zero-order chi connectivity index (χ0) is 13.7. The number of hydrogen-bond donors (Lipinski definition) is 1. The number of nitrogens with zero attached hydrogens (tertiary/aromatic N) is 1. The van der Waals surface area contributed by atoms with Crippen molar-refractivity contribution in [1.29, 1.82) is 0 Å². The lowest BCUT2D eigenvalue weighted by molar-refractivity contribution is 0.275. The first kappa shape index (κ1) is 13.4. The van der Waals surface area contributed by atoms with E-state index in [-0.39, 0.29) is 6.61 Å². The van der Waals surface area contributed by atoms with Gasteiger partial charge < -0.3 is 14.6 Å². The van der Waals surface area contributed by atoms with Crippen LogP contribution in [0.2, 0.25) is 0 Å². The number of pyridine rings is 1. The molecular formula is C15H17NO3. The van der Waals surface area contributed by atoms with Crippen LogP contribution in [0, 0.1) is 0 Å². The molecule has 0 spiro atoms. The minimum atomic E-state index is -0.0521. The molecule has 4 heteroatoms. The van der Waals surface area contributed by atoms with E-state index in [1.165, 1.54) is 0 Å². The van der Waals surface area contributed by atoms with Crippen molar-refractivity contribution < 1.29 is 14.6 Å². The summed E-state index contributed by atoms with van der Waals surface area (Å²) < 4.78 is 10.5. The van der Waals surface area contributed by atoms with E-state index >= 15 is 0 Å².